The summed E-state index contributed by atoms with van der Waals surface area (Å²) in [5.41, 5.74) is 2.44. The molecule has 0 amide bonds. The summed E-state index contributed by atoms with van der Waals surface area (Å²) in [6, 6.07) is 16.8. The van der Waals surface area contributed by atoms with Crippen LogP contribution in [-0.4, -0.2) is 21.0 Å². The third kappa shape index (κ3) is 4.77. The maximum absolute atomic E-state index is 10.7. The monoisotopic (exact) mass is 398 g/mol. The standard InChI is InChI=1S/C18H15BrN4O2/c19-15-11-20-18(23-17(15)21-13-4-2-1-3-5-13)22-14-8-6-12(7-9-14)10-16(24)25/h1-9,11H,10H2,(H,24,25)(H2,20,21,22,23). The third-order valence-corrected chi connectivity index (χ3v) is 3.93. The Bertz CT molecular complexity index is 870. The molecule has 3 N–H and O–H groups in total. The number of para-hydroxylation sites is 1. The van der Waals surface area contributed by atoms with Gasteiger partial charge in [0.25, 0.3) is 0 Å². The van der Waals surface area contributed by atoms with Gasteiger partial charge >= 0.3 is 5.97 Å². The molecule has 1 aromatic heterocycles. The lowest BCUT2D eigenvalue weighted by atomic mass is 10.1. The summed E-state index contributed by atoms with van der Waals surface area (Å²) >= 11 is 3.43. The maximum Gasteiger partial charge on any atom is 0.307 e. The van der Waals surface area contributed by atoms with Crippen LogP contribution in [0.3, 0.4) is 0 Å². The summed E-state index contributed by atoms with van der Waals surface area (Å²) < 4.78 is 0.749. The Morgan fingerprint density at radius 1 is 1.00 bits per heavy atom. The number of anilines is 4. The highest BCUT2D eigenvalue weighted by Gasteiger charge is 2.06. The second-order valence-corrected chi connectivity index (χ2v) is 6.13. The molecule has 0 saturated heterocycles. The van der Waals surface area contributed by atoms with E-state index in [0.717, 1.165) is 21.4 Å². The normalized spacial score (nSPS) is 10.3. The SMILES string of the molecule is O=C(O)Cc1ccc(Nc2ncc(Br)c(Nc3ccccc3)n2)cc1. The summed E-state index contributed by atoms with van der Waals surface area (Å²) in [6.07, 6.45) is 1.67. The largest absolute Gasteiger partial charge is 0.481 e. The van der Waals surface area contributed by atoms with Crippen molar-refractivity contribution in [3.8, 4) is 0 Å². The zero-order valence-corrected chi connectivity index (χ0v) is 14.7. The molecule has 25 heavy (non-hydrogen) atoms. The van der Waals surface area contributed by atoms with Crippen LogP contribution in [-0.2, 0) is 11.2 Å². The van der Waals surface area contributed by atoms with Crippen molar-refractivity contribution in [1.29, 1.82) is 0 Å². The highest BCUT2D eigenvalue weighted by molar-refractivity contribution is 9.10. The van der Waals surface area contributed by atoms with Crippen LogP contribution in [0.1, 0.15) is 5.56 Å². The number of carboxylic acid groups (broad SMARTS) is 1. The Labute approximate surface area is 153 Å². The molecular formula is C18H15BrN4O2. The number of aromatic nitrogens is 2. The van der Waals surface area contributed by atoms with Gasteiger partial charge in [0.2, 0.25) is 5.95 Å². The van der Waals surface area contributed by atoms with Gasteiger partial charge in [0.1, 0.15) is 5.82 Å². The first kappa shape index (κ1) is 16.9. The van der Waals surface area contributed by atoms with Crippen LogP contribution < -0.4 is 10.6 Å². The molecule has 0 spiro atoms. The maximum atomic E-state index is 10.7. The minimum absolute atomic E-state index is 0.000206. The molecule has 0 saturated carbocycles. The van der Waals surface area contributed by atoms with Gasteiger partial charge < -0.3 is 15.7 Å². The van der Waals surface area contributed by atoms with Gasteiger partial charge in [-0.1, -0.05) is 30.3 Å². The number of carbonyl (C=O) groups is 1. The minimum atomic E-state index is -0.853. The van der Waals surface area contributed by atoms with E-state index in [1.165, 1.54) is 0 Å². The van der Waals surface area contributed by atoms with Crippen molar-refractivity contribution in [2.45, 2.75) is 6.42 Å². The van der Waals surface area contributed by atoms with Gasteiger partial charge in [0.05, 0.1) is 10.9 Å². The van der Waals surface area contributed by atoms with E-state index in [2.05, 4.69) is 36.5 Å². The second-order valence-electron chi connectivity index (χ2n) is 5.27. The third-order valence-electron chi connectivity index (χ3n) is 3.35. The fraction of sp³-hybridized carbons (Fsp3) is 0.0556. The lowest BCUT2D eigenvalue weighted by molar-refractivity contribution is -0.136. The number of hydrogen-bond acceptors (Lipinski definition) is 5. The molecule has 0 atom stereocenters. The quantitative estimate of drug-likeness (QED) is 0.571. The number of benzene rings is 2. The molecule has 0 aliphatic rings. The molecule has 0 fully saturated rings. The molecule has 7 heteroatoms. The molecule has 0 radical (unpaired) electrons. The fourth-order valence-electron chi connectivity index (χ4n) is 2.18. The molecule has 126 valence electrons. The zero-order valence-electron chi connectivity index (χ0n) is 13.1. The summed E-state index contributed by atoms with van der Waals surface area (Å²) in [6.45, 7) is 0. The van der Waals surface area contributed by atoms with E-state index in [4.69, 9.17) is 5.11 Å². The molecule has 6 nitrogen and oxygen atoms in total. The van der Waals surface area contributed by atoms with Crippen molar-refractivity contribution in [2.75, 3.05) is 10.6 Å². The Morgan fingerprint density at radius 2 is 1.68 bits per heavy atom. The van der Waals surface area contributed by atoms with Crippen molar-refractivity contribution >= 4 is 45.0 Å². The van der Waals surface area contributed by atoms with E-state index in [0.29, 0.717) is 11.8 Å². The van der Waals surface area contributed by atoms with Crippen LogP contribution in [0, 0.1) is 0 Å². The van der Waals surface area contributed by atoms with Crippen LogP contribution in [0.25, 0.3) is 0 Å². The number of nitrogens with zero attached hydrogens (tertiary/aromatic N) is 2. The number of halogens is 1. The Hall–Kier alpha value is -2.93. The topological polar surface area (TPSA) is 87.1 Å². The summed E-state index contributed by atoms with van der Waals surface area (Å²) in [4.78, 5) is 19.4. The number of rotatable bonds is 6. The van der Waals surface area contributed by atoms with Crippen LogP contribution in [0.2, 0.25) is 0 Å². The van der Waals surface area contributed by atoms with Crippen molar-refractivity contribution in [3.05, 3.63) is 70.8 Å². The molecule has 0 aliphatic carbocycles. The Kier molecular flexibility index (Phi) is 5.25. The van der Waals surface area contributed by atoms with Gasteiger partial charge in [0.15, 0.2) is 0 Å². The second kappa shape index (κ2) is 7.76. The van der Waals surface area contributed by atoms with E-state index in [1.54, 1.807) is 30.5 Å². The van der Waals surface area contributed by atoms with E-state index in [9.17, 15) is 4.79 Å². The first-order valence-corrected chi connectivity index (χ1v) is 8.32. The number of nitrogens with one attached hydrogen (secondary N) is 2. The molecule has 0 aliphatic heterocycles. The Morgan fingerprint density at radius 3 is 2.36 bits per heavy atom. The van der Waals surface area contributed by atoms with Gasteiger partial charge in [0, 0.05) is 17.6 Å². The number of aliphatic carboxylic acids is 1. The minimum Gasteiger partial charge on any atom is -0.481 e. The highest BCUT2D eigenvalue weighted by Crippen LogP contribution is 2.25. The van der Waals surface area contributed by atoms with Crippen LogP contribution in [0.15, 0.2) is 65.3 Å². The lowest BCUT2D eigenvalue weighted by Crippen LogP contribution is -2.02. The van der Waals surface area contributed by atoms with Crippen LogP contribution in [0.4, 0.5) is 23.1 Å². The summed E-state index contributed by atoms with van der Waals surface area (Å²) in [5, 5.41) is 15.1. The predicted octanol–water partition coefficient (Wildman–Crippen LogP) is 4.35. The molecule has 0 bridgehead atoms. The van der Waals surface area contributed by atoms with E-state index < -0.39 is 5.97 Å². The fourth-order valence-corrected chi connectivity index (χ4v) is 2.47. The van der Waals surface area contributed by atoms with Crippen molar-refractivity contribution in [1.82, 2.24) is 9.97 Å². The predicted molar refractivity (Wildman–Crippen MR) is 101 cm³/mol. The van der Waals surface area contributed by atoms with Crippen LogP contribution >= 0.6 is 15.9 Å². The average molecular weight is 399 g/mol. The van der Waals surface area contributed by atoms with Gasteiger partial charge in [-0.25, -0.2) is 4.98 Å². The molecule has 3 rings (SSSR count). The van der Waals surface area contributed by atoms with Gasteiger partial charge in [-0.3, -0.25) is 4.79 Å². The van der Waals surface area contributed by atoms with Crippen LogP contribution in [0.5, 0.6) is 0 Å². The smallest absolute Gasteiger partial charge is 0.307 e. The first-order chi connectivity index (χ1) is 12.1. The average Bonchev–Trinajstić information content (AvgIpc) is 2.60. The Balaban J connectivity index is 1.74. The number of carboxylic acids is 1. The van der Waals surface area contributed by atoms with Gasteiger partial charge in [-0.15, -0.1) is 0 Å². The van der Waals surface area contributed by atoms with Crippen molar-refractivity contribution in [2.24, 2.45) is 0 Å². The molecule has 0 unspecified atom stereocenters. The summed E-state index contributed by atoms with van der Waals surface area (Å²) in [5.74, 6) is 0.229. The van der Waals surface area contributed by atoms with Crippen molar-refractivity contribution in [3.63, 3.8) is 0 Å². The molecular weight excluding hydrogens is 384 g/mol. The van der Waals surface area contributed by atoms with E-state index in [-0.39, 0.29) is 6.42 Å². The first-order valence-electron chi connectivity index (χ1n) is 7.52. The van der Waals surface area contributed by atoms with E-state index >= 15 is 0 Å². The van der Waals surface area contributed by atoms with E-state index in [1.807, 2.05) is 30.3 Å². The van der Waals surface area contributed by atoms with Crippen molar-refractivity contribution < 1.29 is 9.90 Å². The summed E-state index contributed by atoms with van der Waals surface area (Å²) in [7, 11) is 0. The number of hydrogen-bond donors (Lipinski definition) is 3. The van der Waals surface area contributed by atoms with Gasteiger partial charge in [-0.2, -0.15) is 4.98 Å². The zero-order chi connectivity index (χ0) is 17.6. The highest BCUT2D eigenvalue weighted by atomic mass is 79.9. The molecule has 1 heterocycles. The van der Waals surface area contributed by atoms with Gasteiger partial charge in [-0.05, 0) is 45.8 Å². The molecule has 3 aromatic rings. The molecule has 2 aromatic carbocycles. The lowest BCUT2D eigenvalue weighted by Gasteiger charge is -2.10.